The van der Waals surface area contributed by atoms with Crippen molar-refractivity contribution in [3.8, 4) is 0 Å². The molecule has 0 saturated heterocycles. The van der Waals surface area contributed by atoms with Gasteiger partial charge >= 0.3 is 0 Å². The van der Waals surface area contributed by atoms with Crippen LogP contribution in [0.4, 0.5) is 0 Å². The lowest BCUT2D eigenvalue weighted by atomic mass is 10.4. The van der Waals surface area contributed by atoms with Gasteiger partial charge in [0.05, 0.1) is 0 Å². The number of rotatable bonds is 2. The molecule has 0 heterocycles. The van der Waals surface area contributed by atoms with Crippen molar-refractivity contribution >= 4 is 0 Å². The third kappa shape index (κ3) is 40.5. The van der Waals surface area contributed by atoms with Crippen molar-refractivity contribution in [3.63, 3.8) is 0 Å². The normalized spacial score (nSPS) is 8.73. The van der Waals surface area contributed by atoms with Crippen LogP contribution in [0.5, 0.6) is 0 Å². The van der Waals surface area contributed by atoms with E-state index in [0.717, 1.165) is 0 Å². The molecule has 0 aromatic carbocycles. The minimum Gasteiger partial charge on any atom is -0.318 e. The monoisotopic (exact) mass is 162 g/mol. The maximum Gasteiger partial charge on any atom is 0.000733 e. The van der Waals surface area contributed by atoms with E-state index in [4.69, 9.17) is 0 Å². The van der Waals surface area contributed by atoms with Gasteiger partial charge in [0.2, 0.25) is 0 Å². The second kappa shape index (κ2) is 12.6. The first kappa shape index (κ1) is 17.1. The van der Waals surface area contributed by atoms with E-state index in [2.05, 4.69) is 38.3 Å². The van der Waals surface area contributed by atoms with Gasteiger partial charge in [-0.2, -0.15) is 0 Å². The molecule has 0 amide bonds. The van der Waals surface area contributed by atoms with Crippen LogP contribution in [0.2, 0.25) is 0 Å². The molecule has 2 N–H and O–H groups in total. The van der Waals surface area contributed by atoms with E-state index in [1.54, 1.807) is 0 Å². The summed E-state index contributed by atoms with van der Waals surface area (Å²) in [5.41, 5.74) is 0. The fraction of sp³-hybridized carbons (Fsp3) is 1.00. The Morgan fingerprint density at radius 2 is 0.818 bits per heavy atom. The minimum atomic E-state index is 0. The van der Waals surface area contributed by atoms with Crippen LogP contribution in [0.15, 0.2) is 0 Å². The second-order valence-corrected chi connectivity index (χ2v) is 2.89. The number of nitrogens with one attached hydrogen (secondary N) is 2. The van der Waals surface area contributed by atoms with Gasteiger partial charge in [0, 0.05) is 12.1 Å². The lowest BCUT2D eigenvalue weighted by Crippen LogP contribution is -2.15. The van der Waals surface area contributed by atoms with Crippen LogP contribution >= 0.6 is 0 Å². The van der Waals surface area contributed by atoms with Gasteiger partial charge < -0.3 is 10.6 Å². The van der Waals surface area contributed by atoms with E-state index in [0.29, 0.717) is 12.1 Å². The number of hydrogen-bond acceptors (Lipinski definition) is 2. The van der Waals surface area contributed by atoms with Gasteiger partial charge in [0.25, 0.3) is 0 Å². The zero-order valence-corrected chi connectivity index (χ0v) is 8.15. The molecule has 72 valence electrons. The molecule has 0 bridgehead atoms. The first-order valence-electron chi connectivity index (χ1n) is 3.89. The van der Waals surface area contributed by atoms with Crippen LogP contribution in [0.3, 0.4) is 0 Å². The van der Waals surface area contributed by atoms with Gasteiger partial charge in [-0.3, -0.25) is 0 Å². The van der Waals surface area contributed by atoms with Gasteiger partial charge in [-0.15, -0.1) is 0 Å². The zero-order valence-electron chi connectivity index (χ0n) is 8.15. The van der Waals surface area contributed by atoms with Crippen LogP contribution in [0.1, 0.15) is 35.1 Å². The molecule has 0 saturated carbocycles. The van der Waals surface area contributed by atoms with Gasteiger partial charge in [-0.05, 0) is 14.1 Å². The molecule has 0 atom stereocenters. The maximum atomic E-state index is 3.03. The minimum absolute atomic E-state index is 0. The zero-order chi connectivity index (χ0) is 8.57. The van der Waals surface area contributed by atoms with Crippen LogP contribution in [0, 0.1) is 0 Å². The van der Waals surface area contributed by atoms with Crippen molar-refractivity contribution in [3.05, 3.63) is 0 Å². The summed E-state index contributed by atoms with van der Waals surface area (Å²) >= 11 is 0. The maximum absolute atomic E-state index is 3.03. The lowest BCUT2D eigenvalue weighted by molar-refractivity contribution is 0.668. The molecule has 0 aliphatic carbocycles. The highest BCUT2D eigenvalue weighted by Crippen LogP contribution is 1.67. The first-order chi connectivity index (χ1) is 4.54. The van der Waals surface area contributed by atoms with E-state index in [-0.39, 0.29) is 7.43 Å². The molecule has 0 aromatic rings. The highest BCUT2D eigenvalue weighted by Gasteiger charge is 1.77. The van der Waals surface area contributed by atoms with Crippen molar-refractivity contribution < 1.29 is 0 Å². The topological polar surface area (TPSA) is 24.1 Å². The van der Waals surface area contributed by atoms with Crippen molar-refractivity contribution in [2.24, 2.45) is 0 Å². The second-order valence-electron chi connectivity index (χ2n) is 2.89. The Bertz CT molecular complexity index is 43.5. The van der Waals surface area contributed by atoms with Crippen molar-refractivity contribution in [1.29, 1.82) is 0 Å². The Hall–Kier alpha value is -0.0800. The molecule has 0 unspecified atom stereocenters. The molecular weight excluding hydrogens is 136 g/mol. The fourth-order valence-corrected chi connectivity index (χ4v) is 0. The number of hydrogen-bond donors (Lipinski definition) is 2. The molecular formula is C9H26N2. The van der Waals surface area contributed by atoms with Crippen LogP contribution < -0.4 is 10.6 Å². The Morgan fingerprint density at radius 3 is 0.818 bits per heavy atom. The molecule has 11 heavy (non-hydrogen) atoms. The summed E-state index contributed by atoms with van der Waals surface area (Å²) in [6.07, 6.45) is 0. The van der Waals surface area contributed by atoms with Crippen molar-refractivity contribution in [2.75, 3.05) is 14.1 Å². The van der Waals surface area contributed by atoms with Gasteiger partial charge in [-0.25, -0.2) is 0 Å². The predicted molar refractivity (Wildman–Crippen MR) is 55.1 cm³/mol. The smallest absolute Gasteiger partial charge is 0.000733 e. The van der Waals surface area contributed by atoms with Crippen LogP contribution in [0.25, 0.3) is 0 Å². The van der Waals surface area contributed by atoms with E-state index in [9.17, 15) is 0 Å². The summed E-state index contributed by atoms with van der Waals surface area (Å²) in [5.74, 6) is 0. The summed E-state index contributed by atoms with van der Waals surface area (Å²) in [6, 6.07) is 1.27. The summed E-state index contributed by atoms with van der Waals surface area (Å²) < 4.78 is 0. The lowest BCUT2D eigenvalue weighted by Gasteiger charge is -1.95. The third-order valence-electron chi connectivity index (χ3n) is 1.15. The summed E-state index contributed by atoms with van der Waals surface area (Å²) in [6.45, 7) is 8.44. The van der Waals surface area contributed by atoms with E-state index in [1.165, 1.54) is 0 Å². The van der Waals surface area contributed by atoms with Gasteiger partial charge in [-0.1, -0.05) is 35.1 Å². The molecule has 0 rings (SSSR count). The van der Waals surface area contributed by atoms with Crippen molar-refractivity contribution in [1.82, 2.24) is 10.6 Å². The summed E-state index contributed by atoms with van der Waals surface area (Å²) in [5, 5.41) is 6.06. The van der Waals surface area contributed by atoms with Crippen LogP contribution in [-0.2, 0) is 0 Å². The van der Waals surface area contributed by atoms with E-state index >= 15 is 0 Å². The Morgan fingerprint density at radius 1 is 0.727 bits per heavy atom. The summed E-state index contributed by atoms with van der Waals surface area (Å²) in [7, 11) is 3.90. The SMILES string of the molecule is C.CNC(C)C.CNC(C)C. The molecule has 0 aliphatic heterocycles. The van der Waals surface area contributed by atoms with E-state index in [1.807, 2.05) is 14.1 Å². The molecule has 2 heteroatoms. The standard InChI is InChI=1S/2C4H11N.CH4/c2*1-4(2)5-3;/h2*4-5H,1-3H3;1H4. The third-order valence-corrected chi connectivity index (χ3v) is 1.15. The first-order valence-corrected chi connectivity index (χ1v) is 3.89. The Balaban J connectivity index is -0.000000107. The average Bonchev–Trinajstić information content (AvgIpc) is 1.89. The highest BCUT2D eigenvalue weighted by molar-refractivity contribution is 4.41. The largest absolute Gasteiger partial charge is 0.318 e. The molecule has 2 nitrogen and oxygen atoms in total. The Labute approximate surface area is 72.8 Å². The van der Waals surface area contributed by atoms with Crippen molar-refractivity contribution in [2.45, 2.75) is 47.2 Å². The molecule has 0 radical (unpaired) electrons. The molecule has 0 aromatic heterocycles. The Kier molecular flexibility index (Phi) is 19.6. The van der Waals surface area contributed by atoms with Gasteiger partial charge in [0.15, 0.2) is 0 Å². The molecule has 0 fully saturated rings. The fourth-order valence-electron chi connectivity index (χ4n) is 0. The predicted octanol–water partition coefficient (Wildman–Crippen LogP) is 1.86. The highest BCUT2D eigenvalue weighted by atomic mass is 14.8. The molecule has 0 aliphatic rings. The van der Waals surface area contributed by atoms with Crippen LogP contribution in [-0.4, -0.2) is 26.2 Å². The van der Waals surface area contributed by atoms with Gasteiger partial charge in [0.1, 0.15) is 0 Å². The summed E-state index contributed by atoms with van der Waals surface area (Å²) in [4.78, 5) is 0. The molecule has 0 spiro atoms. The average molecular weight is 162 g/mol. The quantitative estimate of drug-likeness (QED) is 0.647. The van der Waals surface area contributed by atoms with E-state index < -0.39 is 0 Å².